The molecule has 5 heteroatoms. The zero-order valence-corrected chi connectivity index (χ0v) is 15.4. The van der Waals surface area contributed by atoms with E-state index in [1.807, 2.05) is 49.2 Å². The maximum Gasteiger partial charge on any atom is 0.142 e. The van der Waals surface area contributed by atoms with Crippen LogP contribution in [0, 0.1) is 0 Å². The van der Waals surface area contributed by atoms with Gasteiger partial charge in [-0.3, -0.25) is 4.68 Å². The van der Waals surface area contributed by atoms with E-state index >= 15 is 0 Å². The average Bonchev–Trinajstić information content (AvgIpc) is 3.11. The number of hydrogen-bond donors (Lipinski definition) is 1. The van der Waals surface area contributed by atoms with Gasteiger partial charge in [0.15, 0.2) is 0 Å². The van der Waals surface area contributed by atoms with Crippen LogP contribution in [-0.2, 0) is 13.0 Å². The Hall–Kier alpha value is -2.79. The molecule has 1 aromatic heterocycles. The van der Waals surface area contributed by atoms with Gasteiger partial charge >= 0.3 is 0 Å². The lowest BCUT2D eigenvalue weighted by molar-refractivity contribution is 0.262. The minimum atomic E-state index is 0.608. The minimum Gasteiger partial charge on any atom is -0.490 e. The van der Waals surface area contributed by atoms with E-state index in [4.69, 9.17) is 10.5 Å². The first-order chi connectivity index (χ1) is 12.6. The highest BCUT2D eigenvalue weighted by Crippen LogP contribution is 2.28. The summed E-state index contributed by atoms with van der Waals surface area (Å²) >= 11 is 0. The van der Waals surface area contributed by atoms with Crippen molar-refractivity contribution in [1.82, 2.24) is 14.7 Å². The average molecular weight is 350 g/mol. The van der Waals surface area contributed by atoms with Crippen molar-refractivity contribution in [3.8, 4) is 16.9 Å². The highest BCUT2D eigenvalue weighted by molar-refractivity contribution is 5.68. The van der Waals surface area contributed by atoms with Crippen LogP contribution in [0.2, 0.25) is 0 Å². The normalized spacial score (nSPS) is 11.0. The molecule has 0 saturated carbocycles. The summed E-state index contributed by atoms with van der Waals surface area (Å²) in [6.45, 7) is 2.31. The standard InChI is InChI=1S/C21H26N4O/c1-24(2)12-13-26-21-14-18(8-9-20(21)22)19-15-23-25(16-19)11-10-17-6-4-3-5-7-17/h3-9,14-16H,10-13,22H2,1-2H3. The Bertz CT molecular complexity index is 827. The molecule has 1 heterocycles. The van der Waals surface area contributed by atoms with Crippen molar-refractivity contribution in [3.05, 3.63) is 66.5 Å². The predicted molar refractivity (Wildman–Crippen MR) is 106 cm³/mol. The molecule has 5 nitrogen and oxygen atoms in total. The van der Waals surface area contributed by atoms with Crippen LogP contribution in [0.25, 0.3) is 11.1 Å². The number of nitrogens with two attached hydrogens (primary N) is 1. The summed E-state index contributed by atoms with van der Waals surface area (Å²) < 4.78 is 7.81. The van der Waals surface area contributed by atoms with E-state index in [0.29, 0.717) is 12.3 Å². The molecule has 0 bridgehead atoms. The van der Waals surface area contributed by atoms with E-state index in [1.54, 1.807) is 0 Å². The molecule has 0 atom stereocenters. The molecule has 0 radical (unpaired) electrons. The molecule has 2 N–H and O–H groups in total. The second-order valence-corrected chi connectivity index (χ2v) is 6.63. The predicted octanol–water partition coefficient (Wildman–Crippen LogP) is 3.32. The molecule has 0 aliphatic carbocycles. The largest absolute Gasteiger partial charge is 0.490 e. The zero-order valence-electron chi connectivity index (χ0n) is 15.4. The number of likely N-dealkylation sites (N-methyl/N-ethyl adjacent to an activating group) is 1. The first-order valence-corrected chi connectivity index (χ1v) is 8.85. The monoisotopic (exact) mass is 350 g/mol. The van der Waals surface area contributed by atoms with E-state index in [9.17, 15) is 0 Å². The fourth-order valence-corrected chi connectivity index (χ4v) is 2.70. The summed E-state index contributed by atoms with van der Waals surface area (Å²) in [4.78, 5) is 2.08. The molecule has 0 spiro atoms. The van der Waals surface area contributed by atoms with Gasteiger partial charge in [-0.25, -0.2) is 0 Å². The van der Waals surface area contributed by atoms with E-state index in [0.717, 1.165) is 36.4 Å². The molecule has 2 aromatic carbocycles. The summed E-state index contributed by atoms with van der Waals surface area (Å²) in [7, 11) is 4.04. The highest BCUT2D eigenvalue weighted by atomic mass is 16.5. The molecule has 0 fully saturated rings. The van der Waals surface area contributed by atoms with Crippen molar-refractivity contribution in [1.29, 1.82) is 0 Å². The summed E-state index contributed by atoms with van der Waals surface area (Å²) in [5.41, 5.74) is 10.1. The van der Waals surface area contributed by atoms with Crippen LogP contribution in [0.1, 0.15) is 5.56 Å². The lowest BCUT2D eigenvalue weighted by Gasteiger charge is -2.13. The fraction of sp³-hybridized carbons (Fsp3) is 0.286. The van der Waals surface area contributed by atoms with E-state index in [-0.39, 0.29) is 0 Å². The molecule has 26 heavy (non-hydrogen) atoms. The summed E-state index contributed by atoms with van der Waals surface area (Å²) in [5.74, 6) is 0.724. The lowest BCUT2D eigenvalue weighted by Crippen LogP contribution is -2.19. The van der Waals surface area contributed by atoms with Gasteiger partial charge in [-0.15, -0.1) is 0 Å². The van der Waals surface area contributed by atoms with Crippen molar-refractivity contribution in [2.45, 2.75) is 13.0 Å². The van der Waals surface area contributed by atoms with Crippen molar-refractivity contribution < 1.29 is 4.74 Å². The second-order valence-electron chi connectivity index (χ2n) is 6.63. The van der Waals surface area contributed by atoms with Gasteiger partial charge in [0.2, 0.25) is 0 Å². The Labute approximate surface area is 155 Å². The molecule has 136 valence electrons. The SMILES string of the molecule is CN(C)CCOc1cc(-c2cnn(CCc3ccccc3)c2)ccc1N. The van der Waals surface area contributed by atoms with E-state index in [2.05, 4.69) is 40.5 Å². The molecular formula is C21H26N4O. The second kappa shape index (κ2) is 8.54. The molecular weight excluding hydrogens is 324 g/mol. The fourth-order valence-electron chi connectivity index (χ4n) is 2.70. The van der Waals surface area contributed by atoms with Gasteiger partial charge in [0, 0.05) is 24.8 Å². The highest BCUT2D eigenvalue weighted by Gasteiger charge is 2.07. The molecule has 0 unspecified atom stereocenters. The summed E-state index contributed by atoms with van der Waals surface area (Å²) in [6, 6.07) is 16.3. The number of hydrogen-bond acceptors (Lipinski definition) is 4. The van der Waals surface area contributed by atoms with Crippen LogP contribution in [0.3, 0.4) is 0 Å². The number of anilines is 1. The van der Waals surface area contributed by atoms with Crippen molar-refractivity contribution >= 4 is 5.69 Å². The Balaban J connectivity index is 1.66. The Morgan fingerprint density at radius 2 is 1.88 bits per heavy atom. The number of ether oxygens (including phenoxy) is 1. The maximum absolute atomic E-state index is 6.04. The third-order valence-electron chi connectivity index (χ3n) is 4.25. The smallest absolute Gasteiger partial charge is 0.142 e. The van der Waals surface area contributed by atoms with Crippen LogP contribution in [0.15, 0.2) is 60.9 Å². The topological polar surface area (TPSA) is 56.3 Å². The molecule has 3 aromatic rings. The van der Waals surface area contributed by atoms with Gasteiger partial charge in [0.25, 0.3) is 0 Å². The Morgan fingerprint density at radius 1 is 1.08 bits per heavy atom. The van der Waals surface area contributed by atoms with Gasteiger partial charge < -0.3 is 15.4 Å². The van der Waals surface area contributed by atoms with Crippen molar-refractivity contribution in [3.63, 3.8) is 0 Å². The number of aromatic nitrogens is 2. The number of benzene rings is 2. The number of aryl methyl sites for hydroxylation is 2. The minimum absolute atomic E-state index is 0.608. The van der Waals surface area contributed by atoms with Gasteiger partial charge in [-0.05, 0) is 43.8 Å². The van der Waals surface area contributed by atoms with E-state index < -0.39 is 0 Å². The molecule has 0 amide bonds. The van der Waals surface area contributed by atoms with Gasteiger partial charge in [0.1, 0.15) is 12.4 Å². The quantitative estimate of drug-likeness (QED) is 0.633. The van der Waals surface area contributed by atoms with Crippen LogP contribution < -0.4 is 10.5 Å². The van der Waals surface area contributed by atoms with Crippen LogP contribution >= 0.6 is 0 Å². The molecule has 0 aliphatic rings. The van der Waals surface area contributed by atoms with Gasteiger partial charge in [0.05, 0.1) is 11.9 Å². The maximum atomic E-state index is 6.04. The summed E-state index contributed by atoms with van der Waals surface area (Å²) in [5, 5.41) is 4.48. The first kappa shape index (κ1) is 18.0. The van der Waals surface area contributed by atoms with Gasteiger partial charge in [-0.2, -0.15) is 5.10 Å². The molecule has 3 rings (SSSR count). The Kier molecular flexibility index (Phi) is 5.92. The summed E-state index contributed by atoms with van der Waals surface area (Å²) in [6.07, 6.45) is 4.92. The molecule has 0 saturated heterocycles. The van der Waals surface area contributed by atoms with Crippen LogP contribution in [-0.4, -0.2) is 41.9 Å². The van der Waals surface area contributed by atoms with Crippen LogP contribution in [0.4, 0.5) is 5.69 Å². The molecule has 0 aliphatic heterocycles. The van der Waals surface area contributed by atoms with Gasteiger partial charge in [-0.1, -0.05) is 36.4 Å². The lowest BCUT2D eigenvalue weighted by atomic mass is 10.1. The number of nitrogen functional groups attached to an aromatic ring is 1. The number of nitrogens with zero attached hydrogens (tertiary/aromatic N) is 3. The number of rotatable bonds is 8. The third kappa shape index (κ3) is 4.86. The van der Waals surface area contributed by atoms with Crippen LogP contribution in [0.5, 0.6) is 5.75 Å². The Morgan fingerprint density at radius 3 is 2.65 bits per heavy atom. The van der Waals surface area contributed by atoms with E-state index in [1.165, 1.54) is 5.56 Å². The third-order valence-corrected chi connectivity index (χ3v) is 4.25. The van der Waals surface area contributed by atoms with Crippen molar-refractivity contribution in [2.75, 3.05) is 33.0 Å². The zero-order chi connectivity index (χ0) is 18.4. The van der Waals surface area contributed by atoms with Crippen molar-refractivity contribution in [2.24, 2.45) is 0 Å². The first-order valence-electron chi connectivity index (χ1n) is 8.85.